The quantitative estimate of drug-likeness (QED) is 0.0649. The highest BCUT2D eigenvalue weighted by molar-refractivity contribution is 8.13. The summed E-state index contributed by atoms with van der Waals surface area (Å²) in [5.74, 6) is -2.67. The van der Waals surface area contributed by atoms with Crippen LogP contribution in [0.4, 0.5) is 9.18 Å². The van der Waals surface area contributed by atoms with Gasteiger partial charge >= 0.3 is 13.8 Å². The molecule has 3 saturated heterocycles. The molecular weight excluding hydrogens is 811 g/mol. The number of thiophene rings is 1. The summed E-state index contributed by atoms with van der Waals surface area (Å²) in [5, 5.41) is 3.30. The number of hydrogen-bond donors (Lipinski definition) is 1. The van der Waals surface area contributed by atoms with Gasteiger partial charge in [0, 0.05) is 54.3 Å². The van der Waals surface area contributed by atoms with Gasteiger partial charge in [-0.1, -0.05) is 37.7 Å². The summed E-state index contributed by atoms with van der Waals surface area (Å²) in [5.41, 5.74) is 1.01. The predicted octanol–water partition coefficient (Wildman–Crippen LogP) is 7.58. The first-order valence-corrected chi connectivity index (χ1v) is 23.0. The average Bonchev–Trinajstić information content (AvgIpc) is 3.75. The summed E-state index contributed by atoms with van der Waals surface area (Å²) < 4.78 is 51.1. The number of carbonyl (C=O) groups excluding carboxylic acids is 5. The number of thioether (sulfide) groups is 1. The Hall–Kier alpha value is -3.89. The Morgan fingerprint density at radius 3 is 2.57 bits per heavy atom. The number of aromatic nitrogens is 1. The maximum absolute atomic E-state index is 16.2. The number of ether oxygens (including phenoxy) is 2. The number of benzene rings is 1. The van der Waals surface area contributed by atoms with Crippen LogP contribution in [0.2, 0.25) is 0 Å². The molecular formula is C40H50FN4O10PS2. The number of nitrogens with zero attached hydrogens (tertiary/aromatic N) is 3. The van der Waals surface area contributed by atoms with Crippen LogP contribution < -0.4 is 5.32 Å². The van der Waals surface area contributed by atoms with Gasteiger partial charge in [0.1, 0.15) is 12.1 Å². The van der Waals surface area contributed by atoms with Crippen molar-refractivity contribution in [2.24, 2.45) is 5.92 Å². The fourth-order valence-electron chi connectivity index (χ4n) is 7.42. The molecule has 58 heavy (non-hydrogen) atoms. The van der Waals surface area contributed by atoms with Gasteiger partial charge in [-0.15, -0.1) is 11.3 Å². The van der Waals surface area contributed by atoms with Gasteiger partial charge in [0.25, 0.3) is 5.91 Å². The second kappa shape index (κ2) is 19.4. The number of nitrogens with one attached hydrogen (secondary N) is 1. The van der Waals surface area contributed by atoms with Crippen molar-refractivity contribution < 1.29 is 51.4 Å². The number of halogens is 1. The molecule has 1 N–H and O–H groups in total. The largest absolute Gasteiger partial charge is 0.510 e. The van der Waals surface area contributed by atoms with E-state index in [0.717, 1.165) is 41.5 Å². The highest BCUT2D eigenvalue weighted by Gasteiger charge is 2.47. The Kier molecular flexibility index (Phi) is 14.6. The van der Waals surface area contributed by atoms with E-state index in [0.29, 0.717) is 48.9 Å². The smallest absolute Gasteiger partial charge is 0.432 e. The maximum Gasteiger partial charge on any atom is 0.510 e. The lowest BCUT2D eigenvalue weighted by Gasteiger charge is -2.42. The molecule has 18 heteroatoms. The van der Waals surface area contributed by atoms with Crippen LogP contribution in [-0.4, -0.2) is 100 Å². The fraction of sp³-hybridized carbons (Fsp3) is 0.550. The number of pyridine rings is 1. The minimum atomic E-state index is -4.65. The SMILES string of the molecule is CC(C)CC(=O)SCCOP(=O)(OCOC(=O)OC(C)C)[C@H](F)c1ccc2sc(C(=O)N[C@H]3CCC[C@H]4CC[C@@H](C(=O)N5CC(c6cccnc6)C5)N4C3=O)cc2c1. The van der Waals surface area contributed by atoms with E-state index in [2.05, 4.69) is 10.3 Å². The van der Waals surface area contributed by atoms with E-state index in [-0.39, 0.29) is 57.6 Å². The first-order valence-electron chi connectivity index (χ1n) is 19.6. The van der Waals surface area contributed by atoms with Gasteiger partial charge in [-0.05, 0) is 92.6 Å². The third-order valence-corrected chi connectivity index (χ3v) is 14.1. The molecule has 0 spiro atoms. The number of likely N-dealkylation sites (tertiary alicyclic amines) is 1. The lowest BCUT2D eigenvalue weighted by Crippen LogP contribution is -2.58. The third kappa shape index (κ3) is 10.6. The number of carbonyl (C=O) groups is 5. The molecule has 0 radical (unpaired) electrons. The van der Waals surface area contributed by atoms with E-state index in [1.807, 2.05) is 32.2 Å². The molecule has 5 heterocycles. The van der Waals surface area contributed by atoms with Gasteiger partial charge in [0.15, 0.2) is 5.12 Å². The summed E-state index contributed by atoms with van der Waals surface area (Å²) in [7, 11) is -4.65. The van der Waals surface area contributed by atoms with Crippen LogP contribution in [0.5, 0.6) is 0 Å². The first-order chi connectivity index (χ1) is 27.7. The molecule has 14 nitrogen and oxygen atoms in total. The van der Waals surface area contributed by atoms with Crippen molar-refractivity contribution in [2.45, 2.75) is 102 Å². The predicted molar refractivity (Wildman–Crippen MR) is 217 cm³/mol. The number of hydrogen-bond acceptors (Lipinski definition) is 13. The summed E-state index contributed by atoms with van der Waals surface area (Å²) in [6.07, 6.45) is 5.47. The molecule has 3 fully saturated rings. The van der Waals surface area contributed by atoms with Crippen LogP contribution >= 0.6 is 30.7 Å². The Morgan fingerprint density at radius 2 is 1.84 bits per heavy atom. The van der Waals surface area contributed by atoms with Crippen molar-refractivity contribution in [3.8, 4) is 0 Å². The first kappa shape index (κ1) is 43.7. The highest BCUT2D eigenvalue weighted by atomic mass is 32.2. The molecule has 3 aliphatic rings. The summed E-state index contributed by atoms with van der Waals surface area (Å²) >= 11 is 2.12. The monoisotopic (exact) mass is 860 g/mol. The van der Waals surface area contributed by atoms with Crippen molar-refractivity contribution in [3.63, 3.8) is 0 Å². The summed E-state index contributed by atoms with van der Waals surface area (Å²) in [6, 6.07) is 8.40. The Balaban J connectivity index is 1.10. The van der Waals surface area contributed by atoms with Crippen molar-refractivity contribution in [2.75, 3.05) is 32.2 Å². The van der Waals surface area contributed by atoms with Gasteiger partial charge in [-0.3, -0.25) is 33.3 Å². The molecule has 1 aromatic carbocycles. The third-order valence-electron chi connectivity index (χ3n) is 10.3. The van der Waals surface area contributed by atoms with E-state index in [1.165, 1.54) is 12.1 Å². The second-order valence-corrected chi connectivity index (χ2v) is 19.7. The molecule has 3 amide bonds. The van der Waals surface area contributed by atoms with Crippen LogP contribution in [0.25, 0.3) is 10.1 Å². The van der Waals surface area contributed by atoms with E-state index >= 15 is 4.39 Å². The number of amides is 3. The molecule has 0 saturated carbocycles. The molecule has 6 rings (SSSR count). The number of alkyl halides is 1. The van der Waals surface area contributed by atoms with Crippen LogP contribution in [-0.2, 0) is 37.5 Å². The molecule has 3 aromatic rings. The minimum Gasteiger partial charge on any atom is -0.432 e. The van der Waals surface area contributed by atoms with Gasteiger partial charge in [0.2, 0.25) is 24.5 Å². The fourth-order valence-corrected chi connectivity index (χ4v) is 10.7. The van der Waals surface area contributed by atoms with Gasteiger partial charge in [-0.2, -0.15) is 0 Å². The molecule has 1 unspecified atom stereocenters. The number of fused-ring (bicyclic) bond motifs is 2. The maximum atomic E-state index is 16.2. The molecule has 2 aromatic heterocycles. The average molecular weight is 861 g/mol. The van der Waals surface area contributed by atoms with Gasteiger partial charge in [-0.25, -0.2) is 9.18 Å². The zero-order chi connectivity index (χ0) is 41.6. The van der Waals surface area contributed by atoms with Crippen molar-refractivity contribution in [1.29, 1.82) is 0 Å². The van der Waals surface area contributed by atoms with Crippen molar-refractivity contribution in [3.05, 3.63) is 64.8 Å². The standard InChI is InChI=1S/C40H50FN4O10PS2/c1-24(2)17-35(46)57-16-15-53-56(51,54-23-52-40(50)55-25(3)4)36(41)26-10-13-33-28(18-26)19-34(58-33)37(47)43-31-9-5-8-30-11-12-32(45(30)38(31)48)39(49)44-21-29(22-44)27-7-6-14-42-20-27/h6-7,10,13-14,18-20,24-25,29-32,36H,5,8-9,11-12,15-17,21-23H2,1-4H3,(H,43,47)/t30-,31-,32-,36-,56?/m0/s1. The van der Waals surface area contributed by atoms with Gasteiger partial charge < -0.3 is 29.1 Å². The van der Waals surface area contributed by atoms with E-state index in [9.17, 15) is 28.5 Å². The van der Waals surface area contributed by atoms with Crippen LogP contribution in [0.3, 0.4) is 0 Å². The van der Waals surface area contributed by atoms with Crippen molar-refractivity contribution >= 4 is 69.8 Å². The zero-order valence-electron chi connectivity index (χ0n) is 33.0. The lowest BCUT2D eigenvalue weighted by atomic mass is 9.92. The number of rotatable bonds is 16. The lowest BCUT2D eigenvalue weighted by molar-refractivity contribution is -0.148. The van der Waals surface area contributed by atoms with E-state index < -0.39 is 50.6 Å². The van der Waals surface area contributed by atoms with Crippen LogP contribution in [0.15, 0.2) is 48.8 Å². The highest BCUT2D eigenvalue weighted by Crippen LogP contribution is 2.62. The minimum absolute atomic E-state index is 0.0634. The zero-order valence-corrected chi connectivity index (χ0v) is 35.5. The van der Waals surface area contributed by atoms with Gasteiger partial charge in [0.05, 0.1) is 17.6 Å². The van der Waals surface area contributed by atoms with Crippen LogP contribution in [0, 0.1) is 5.92 Å². The molecule has 0 bridgehead atoms. The normalized spacial score (nSPS) is 21.3. The Bertz CT molecular complexity index is 2010. The molecule has 0 aliphatic carbocycles. The van der Waals surface area contributed by atoms with Crippen LogP contribution in [0.1, 0.15) is 98.8 Å². The van der Waals surface area contributed by atoms with E-state index in [1.54, 1.807) is 42.0 Å². The Labute approximate surface area is 345 Å². The summed E-state index contributed by atoms with van der Waals surface area (Å²) in [6.45, 7) is 6.98. The molecule has 3 aliphatic heterocycles. The topological polar surface area (TPSA) is 171 Å². The summed E-state index contributed by atoms with van der Waals surface area (Å²) in [4.78, 5) is 73.4. The molecule has 5 atom stereocenters. The second-order valence-electron chi connectivity index (χ2n) is 15.4. The Morgan fingerprint density at radius 1 is 1.05 bits per heavy atom. The van der Waals surface area contributed by atoms with E-state index in [4.69, 9.17) is 18.5 Å². The molecule has 314 valence electrons. The van der Waals surface area contributed by atoms with Crippen molar-refractivity contribution in [1.82, 2.24) is 20.1 Å².